The molecule has 2 nitrogen and oxygen atoms in total. The van der Waals surface area contributed by atoms with Crippen LogP contribution in [0.1, 0.15) is 200 Å². The van der Waals surface area contributed by atoms with Gasteiger partial charge in [-0.1, -0.05) is 197 Å². The molecule has 0 amide bonds. The van der Waals surface area contributed by atoms with Crippen molar-refractivity contribution in [2.75, 3.05) is 0 Å². The van der Waals surface area contributed by atoms with Gasteiger partial charge in [-0.3, -0.25) is 0 Å². The molecule has 1 unspecified atom stereocenters. The standard InChI is InChI=1S/C35H67N2/c1-3-5-7-9-11-13-15-16-17-19-21-23-25-27-29-34(30-31-35-36-32-33-37-35)28-26-24-22-20-18-14-12-10-8-6-4-2/h32-34H,3-31H2,1-2H3/q+1. The summed E-state index contributed by atoms with van der Waals surface area (Å²) in [4.78, 5) is 8.82. The Balaban J connectivity index is 2.00. The van der Waals surface area contributed by atoms with Crippen molar-refractivity contribution < 1.29 is 0 Å². The first kappa shape index (κ1) is 34.2. The zero-order valence-corrected chi connectivity index (χ0v) is 25.6. The summed E-state index contributed by atoms with van der Waals surface area (Å²) in [6.45, 7) is 4.61. The molecular weight excluding hydrogens is 448 g/mol. The molecule has 1 heterocycles. The van der Waals surface area contributed by atoms with E-state index in [-0.39, 0.29) is 0 Å². The largest absolute Gasteiger partial charge is 0.240 e. The number of nitrogens with zero attached hydrogens (tertiary/aromatic N) is 2. The highest BCUT2D eigenvalue weighted by Crippen LogP contribution is 2.27. The minimum Gasteiger partial charge on any atom is -0.0968 e. The molecule has 1 aliphatic rings. The predicted molar refractivity (Wildman–Crippen MR) is 169 cm³/mol. The van der Waals surface area contributed by atoms with Gasteiger partial charge in [-0.15, -0.1) is 0 Å². The highest BCUT2D eigenvalue weighted by atomic mass is 15.0. The van der Waals surface area contributed by atoms with Crippen LogP contribution >= 0.6 is 0 Å². The molecule has 216 valence electrons. The van der Waals surface area contributed by atoms with E-state index in [0.29, 0.717) is 0 Å². The molecule has 1 rings (SSSR count). The van der Waals surface area contributed by atoms with Gasteiger partial charge in [0.05, 0.1) is 6.42 Å². The summed E-state index contributed by atoms with van der Waals surface area (Å²) >= 11 is 0. The lowest BCUT2D eigenvalue weighted by atomic mass is 9.90. The number of hydrogen-bond donors (Lipinski definition) is 0. The molecule has 0 aromatic carbocycles. The maximum absolute atomic E-state index is 4.41. The molecule has 0 N–H and O–H groups in total. The quantitative estimate of drug-likeness (QED) is 0.0671. The van der Waals surface area contributed by atoms with Crippen LogP contribution in [0.3, 0.4) is 0 Å². The smallest absolute Gasteiger partial charge is 0.0968 e. The SMILES string of the molecule is CCCCCCCCCCCCCCCCC(CCCCCCCCCCCCC)CC[C+]1N=CC=N1. The maximum atomic E-state index is 4.41. The van der Waals surface area contributed by atoms with E-state index < -0.39 is 0 Å². The molecule has 0 saturated heterocycles. The molecule has 0 spiro atoms. The van der Waals surface area contributed by atoms with Gasteiger partial charge in [0.15, 0.2) is 12.4 Å². The summed E-state index contributed by atoms with van der Waals surface area (Å²) < 4.78 is 0. The Hall–Kier alpha value is -0.790. The normalized spacial score (nSPS) is 13.7. The zero-order chi connectivity index (χ0) is 26.5. The summed E-state index contributed by atoms with van der Waals surface area (Å²) in [5.74, 6) is 0.884. The molecule has 1 aliphatic heterocycles. The fourth-order valence-electron chi connectivity index (χ4n) is 5.89. The van der Waals surface area contributed by atoms with Crippen molar-refractivity contribution in [1.29, 1.82) is 0 Å². The van der Waals surface area contributed by atoms with Crippen molar-refractivity contribution in [1.82, 2.24) is 0 Å². The van der Waals surface area contributed by atoms with Gasteiger partial charge in [-0.2, -0.15) is 0 Å². The second kappa shape index (κ2) is 28.2. The van der Waals surface area contributed by atoms with E-state index in [0.717, 1.165) is 18.5 Å². The molecule has 2 heteroatoms. The van der Waals surface area contributed by atoms with E-state index in [1.54, 1.807) is 0 Å². The Morgan fingerprint density at radius 2 is 0.703 bits per heavy atom. The average Bonchev–Trinajstić information content (AvgIpc) is 3.44. The summed E-state index contributed by atoms with van der Waals surface area (Å²) in [7, 11) is 0. The predicted octanol–water partition coefficient (Wildman–Crippen LogP) is 12.6. The van der Waals surface area contributed by atoms with E-state index in [1.165, 1.54) is 180 Å². The molecule has 0 bridgehead atoms. The molecule has 0 aromatic heterocycles. The fraction of sp³-hybridized carbons (Fsp3) is 0.914. The minimum atomic E-state index is 0.884. The third-order valence-corrected chi connectivity index (χ3v) is 8.47. The van der Waals surface area contributed by atoms with Crippen LogP contribution in [0.4, 0.5) is 0 Å². The molecule has 0 aromatic rings. The Morgan fingerprint density at radius 3 is 1.03 bits per heavy atom. The Bertz CT molecular complexity index is 485. The van der Waals surface area contributed by atoms with Crippen LogP contribution in [0.25, 0.3) is 0 Å². The number of unbranched alkanes of at least 4 members (excludes halogenated alkanes) is 23. The van der Waals surface area contributed by atoms with Gasteiger partial charge in [0, 0.05) is 0 Å². The summed E-state index contributed by atoms with van der Waals surface area (Å²) in [6.07, 6.45) is 46.2. The number of aliphatic imine (C=N–C) groups is 2. The fourth-order valence-corrected chi connectivity index (χ4v) is 5.89. The van der Waals surface area contributed by atoms with Crippen LogP contribution < -0.4 is 0 Å². The van der Waals surface area contributed by atoms with E-state index >= 15 is 0 Å². The van der Waals surface area contributed by atoms with Gasteiger partial charge in [0.25, 0.3) is 0 Å². The highest BCUT2D eigenvalue weighted by Gasteiger charge is 2.18. The van der Waals surface area contributed by atoms with E-state index in [1.807, 2.05) is 12.4 Å². The van der Waals surface area contributed by atoms with Crippen molar-refractivity contribution in [2.24, 2.45) is 15.9 Å². The molecule has 37 heavy (non-hydrogen) atoms. The van der Waals surface area contributed by atoms with Gasteiger partial charge in [-0.25, -0.2) is 0 Å². The number of rotatable bonds is 30. The zero-order valence-electron chi connectivity index (χ0n) is 25.6. The Morgan fingerprint density at radius 1 is 0.405 bits per heavy atom. The van der Waals surface area contributed by atoms with Gasteiger partial charge >= 0.3 is 0 Å². The van der Waals surface area contributed by atoms with Crippen LogP contribution in [-0.2, 0) is 0 Å². The van der Waals surface area contributed by atoms with E-state index in [4.69, 9.17) is 0 Å². The van der Waals surface area contributed by atoms with Gasteiger partial charge < -0.3 is 0 Å². The van der Waals surface area contributed by atoms with E-state index in [9.17, 15) is 0 Å². The molecule has 0 radical (unpaired) electrons. The van der Waals surface area contributed by atoms with Crippen molar-refractivity contribution in [3.8, 4) is 0 Å². The lowest BCUT2D eigenvalue weighted by molar-refractivity contribution is 0.373. The third-order valence-electron chi connectivity index (χ3n) is 8.47. The second-order valence-corrected chi connectivity index (χ2v) is 12.1. The van der Waals surface area contributed by atoms with Crippen LogP contribution in [0.15, 0.2) is 9.98 Å². The summed E-state index contributed by atoms with van der Waals surface area (Å²) in [6, 6.07) is 0. The molecular formula is C35H67N2+. The average molecular weight is 516 g/mol. The molecule has 0 saturated carbocycles. The van der Waals surface area contributed by atoms with Crippen molar-refractivity contribution in [3.63, 3.8) is 0 Å². The first-order valence-electron chi connectivity index (χ1n) is 17.3. The van der Waals surface area contributed by atoms with Crippen LogP contribution in [0, 0.1) is 12.1 Å². The summed E-state index contributed by atoms with van der Waals surface area (Å²) in [5, 5.41) is 0. The highest BCUT2D eigenvalue weighted by molar-refractivity contribution is 6.18. The maximum Gasteiger partial charge on any atom is 0.240 e. The Kier molecular flexibility index (Phi) is 26.1. The van der Waals surface area contributed by atoms with Gasteiger partial charge in [0.2, 0.25) is 6.17 Å². The van der Waals surface area contributed by atoms with Crippen molar-refractivity contribution >= 4 is 12.4 Å². The van der Waals surface area contributed by atoms with Crippen LogP contribution in [0.2, 0.25) is 0 Å². The van der Waals surface area contributed by atoms with Crippen LogP contribution in [-0.4, -0.2) is 12.4 Å². The summed E-state index contributed by atoms with van der Waals surface area (Å²) in [5.41, 5.74) is 0. The minimum absolute atomic E-state index is 0.884. The lowest BCUT2D eigenvalue weighted by Crippen LogP contribution is -2.03. The van der Waals surface area contributed by atoms with Crippen molar-refractivity contribution in [3.05, 3.63) is 6.17 Å². The van der Waals surface area contributed by atoms with Crippen LogP contribution in [0.5, 0.6) is 0 Å². The first-order valence-corrected chi connectivity index (χ1v) is 17.3. The van der Waals surface area contributed by atoms with Crippen molar-refractivity contribution in [2.45, 2.75) is 200 Å². The third kappa shape index (κ3) is 24.0. The lowest BCUT2D eigenvalue weighted by Gasteiger charge is -2.16. The first-order chi connectivity index (χ1) is 18.4. The monoisotopic (exact) mass is 516 g/mol. The van der Waals surface area contributed by atoms with E-state index in [2.05, 4.69) is 23.8 Å². The van der Waals surface area contributed by atoms with Gasteiger partial charge in [-0.05, 0) is 12.3 Å². The molecule has 1 atom stereocenters. The number of hydrogen-bond acceptors (Lipinski definition) is 2. The Labute approximate surface area is 234 Å². The van der Waals surface area contributed by atoms with Gasteiger partial charge in [0.1, 0.15) is 0 Å². The molecule has 0 fully saturated rings. The topological polar surface area (TPSA) is 24.7 Å². The molecule has 0 aliphatic carbocycles. The second-order valence-electron chi connectivity index (χ2n) is 12.1.